The predicted octanol–water partition coefficient (Wildman–Crippen LogP) is 6.01. The number of hydrogen-bond donors (Lipinski definition) is 3. The second-order valence-corrected chi connectivity index (χ2v) is 12.8. The van der Waals surface area contributed by atoms with Crippen molar-refractivity contribution >= 4 is 57.7 Å². The number of benzene rings is 2. The van der Waals surface area contributed by atoms with Crippen molar-refractivity contribution in [2.24, 2.45) is 0 Å². The SMILES string of the molecule is CN1CCN(CC2Oc3ccc(Nc4ncc5cc(-c6c(Cl)cccc6Cl)c(NC(=O)NC(C)(C)C)nc5n4)cc3O2)CC1. The van der Waals surface area contributed by atoms with Crippen LogP contribution in [0.1, 0.15) is 20.8 Å². The van der Waals surface area contributed by atoms with E-state index in [9.17, 15) is 4.79 Å². The van der Waals surface area contributed by atoms with Crippen LogP contribution in [0.15, 0.2) is 48.7 Å². The normalized spacial score (nSPS) is 17.1. The van der Waals surface area contributed by atoms with E-state index in [-0.39, 0.29) is 12.1 Å². The van der Waals surface area contributed by atoms with Crippen LogP contribution in [-0.4, -0.2) is 82.4 Å². The summed E-state index contributed by atoms with van der Waals surface area (Å²) in [5, 5.41) is 10.4. The van der Waals surface area contributed by atoms with Crippen LogP contribution < -0.4 is 25.4 Å². The number of anilines is 3. The lowest BCUT2D eigenvalue weighted by atomic mass is 10.0. The molecule has 0 bridgehead atoms. The zero-order valence-electron chi connectivity index (χ0n) is 24.9. The molecule has 0 radical (unpaired) electrons. The third-order valence-corrected chi connectivity index (χ3v) is 7.87. The summed E-state index contributed by atoms with van der Waals surface area (Å²) in [5.41, 5.74) is 1.73. The standard InChI is InChI=1S/C31H34Cl2N8O3/c1-31(2,3)39-30(42)38-28-20(26-21(32)6-5-7-22(26)33)14-18-16-34-29(37-27(18)36-28)35-19-8-9-23-24(15-19)44-25(43-23)17-41-12-10-40(4)11-13-41/h5-9,14-16,25H,10-13,17H2,1-4H3,(H3,34,35,36,37,38,39,42). The Bertz CT molecular complexity index is 1690. The van der Waals surface area contributed by atoms with Gasteiger partial charge in [0.25, 0.3) is 6.29 Å². The average Bonchev–Trinajstić information content (AvgIpc) is 3.35. The first kappa shape index (κ1) is 30.1. The number of likely N-dealkylation sites (N-methyl/N-ethyl adjacent to an activating group) is 1. The van der Waals surface area contributed by atoms with Crippen molar-refractivity contribution in [2.45, 2.75) is 32.6 Å². The Morgan fingerprint density at radius 1 is 1.00 bits per heavy atom. The van der Waals surface area contributed by atoms with Gasteiger partial charge in [-0.1, -0.05) is 29.3 Å². The second-order valence-electron chi connectivity index (χ2n) is 12.0. The van der Waals surface area contributed by atoms with E-state index in [4.69, 9.17) is 37.7 Å². The fourth-order valence-electron chi connectivity index (χ4n) is 5.07. The van der Waals surface area contributed by atoms with Crippen LogP contribution in [0.4, 0.5) is 22.2 Å². The summed E-state index contributed by atoms with van der Waals surface area (Å²) in [4.78, 5) is 31.4. The van der Waals surface area contributed by atoms with Gasteiger partial charge in [0.2, 0.25) is 5.95 Å². The first-order valence-corrected chi connectivity index (χ1v) is 15.1. The predicted molar refractivity (Wildman–Crippen MR) is 173 cm³/mol. The van der Waals surface area contributed by atoms with Crippen molar-refractivity contribution in [3.05, 3.63) is 58.7 Å². The van der Waals surface area contributed by atoms with Crippen molar-refractivity contribution in [3.63, 3.8) is 0 Å². The van der Waals surface area contributed by atoms with Gasteiger partial charge in [-0.05, 0) is 58.2 Å². The number of hydrogen-bond acceptors (Lipinski definition) is 9. The molecule has 13 heteroatoms. The maximum atomic E-state index is 12.9. The number of halogens is 2. The molecule has 1 fully saturated rings. The number of piperazine rings is 1. The molecular weight excluding hydrogens is 603 g/mol. The van der Waals surface area contributed by atoms with Gasteiger partial charge in [0, 0.05) is 66.2 Å². The summed E-state index contributed by atoms with van der Waals surface area (Å²) in [7, 11) is 2.13. The van der Waals surface area contributed by atoms with Crippen molar-refractivity contribution in [2.75, 3.05) is 50.4 Å². The molecule has 1 atom stereocenters. The van der Waals surface area contributed by atoms with Crippen LogP contribution in [-0.2, 0) is 0 Å². The molecular formula is C31H34Cl2N8O3. The molecule has 4 aromatic rings. The summed E-state index contributed by atoms with van der Waals surface area (Å²) in [6.45, 7) is 10.4. The Morgan fingerprint density at radius 2 is 1.73 bits per heavy atom. The van der Waals surface area contributed by atoms with Gasteiger partial charge in [-0.25, -0.2) is 14.8 Å². The molecule has 2 aromatic carbocycles. The fraction of sp³-hybridized carbons (Fsp3) is 0.355. The topological polar surface area (TPSA) is 117 Å². The van der Waals surface area contributed by atoms with Crippen molar-refractivity contribution in [1.82, 2.24) is 30.1 Å². The van der Waals surface area contributed by atoms with Gasteiger partial charge in [0.1, 0.15) is 5.82 Å². The molecule has 1 unspecified atom stereocenters. The highest BCUT2D eigenvalue weighted by molar-refractivity contribution is 6.39. The minimum atomic E-state index is -0.461. The molecule has 11 nitrogen and oxygen atoms in total. The third kappa shape index (κ3) is 6.91. The molecule has 0 spiro atoms. The van der Waals surface area contributed by atoms with Crippen LogP contribution in [0, 0.1) is 0 Å². The van der Waals surface area contributed by atoms with Crippen LogP contribution in [0.25, 0.3) is 22.2 Å². The maximum absolute atomic E-state index is 12.9. The number of urea groups is 1. The molecule has 6 rings (SSSR count). The largest absolute Gasteiger partial charge is 0.450 e. The van der Waals surface area contributed by atoms with E-state index >= 15 is 0 Å². The number of fused-ring (bicyclic) bond motifs is 2. The Labute approximate surface area is 265 Å². The Balaban J connectivity index is 1.24. The number of nitrogens with zero attached hydrogens (tertiary/aromatic N) is 5. The van der Waals surface area contributed by atoms with Gasteiger partial charge in [-0.3, -0.25) is 10.2 Å². The molecule has 4 heterocycles. The van der Waals surface area contributed by atoms with E-state index in [1.54, 1.807) is 24.4 Å². The van der Waals surface area contributed by atoms with Crippen LogP contribution in [0.3, 0.4) is 0 Å². The molecule has 2 aromatic heterocycles. The summed E-state index contributed by atoms with van der Waals surface area (Å²) in [6.07, 6.45) is 1.30. The van der Waals surface area contributed by atoms with E-state index in [0.29, 0.717) is 56.2 Å². The minimum Gasteiger partial charge on any atom is -0.450 e. The molecule has 230 valence electrons. The molecule has 2 aliphatic heterocycles. The molecule has 1 saturated heterocycles. The number of ether oxygens (including phenoxy) is 2. The second kappa shape index (κ2) is 12.2. The monoisotopic (exact) mass is 636 g/mol. The molecule has 0 saturated carbocycles. The summed E-state index contributed by atoms with van der Waals surface area (Å²) >= 11 is 13.1. The van der Waals surface area contributed by atoms with E-state index in [1.165, 1.54) is 0 Å². The van der Waals surface area contributed by atoms with Gasteiger partial charge in [-0.15, -0.1) is 0 Å². The van der Waals surface area contributed by atoms with E-state index in [2.05, 4.69) is 42.8 Å². The van der Waals surface area contributed by atoms with Crippen LogP contribution in [0.5, 0.6) is 11.5 Å². The van der Waals surface area contributed by atoms with E-state index < -0.39 is 11.6 Å². The summed E-state index contributed by atoms with van der Waals surface area (Å²) in [5.74, 6) is 1.94. The highest BCUT2D eigenvalue weighted by Gasteiger charge is 2.28. The number of rotatable bonds is 6. The lowest BCUT2D eigenvalue weighted by Crippen LogP contribution is -2.48. The van der Waals surface area contributed by atoms with Gasteiger partial charge in [0.05, 0.1) is 16.6 Å². The van der Waals surface area contributed by atoms with Gasteiger partial charge < -0.3 is 25.0 Å². The lowest BCUT2D eigenvalue weighted by Gasteiger charge is -2.33. The molecule has 3 N–H and O–H groups in total. The third-order valence-electron chi connectivity index (χ3n) is 7.24. The number of nitrogens with one attached hydrogen (secondary N) is 3. The number of amides is 2. The molecule has 44 heavy (non-hydrogen) atoms. The van der Waals surface area contributed by atoms with Crippen molar-refractivity contribution in [3.8, 4) is 22.6 Å². The first-order chi connectivity index (χ1) is 21.0. The average molecular weight is 638 g/mol. The zero-order valence-corrected chi connectivity index (χ0v) is 26.5. The number of carbonyl (C=O) groups excluding carboxylic acids is 1. The van der Waals surface area contributed by atoms with E-state index in [1.807, 2.05) is 45.0 Å². The Hall–Kier alpha value is -3.90. The number of aromatic nitrogens is 3. The quantitative estimate of drug-likeness (QED) is 0.234. The van der Waals surface area contributed by atoms with E-state index in [0.717, 1.165) is 31.9 Å². The Kier molecular flexibility index (Phi) is 8.38. The fourth-order valence-corrected chi connectivity index (χ4v) is 5.67. The van der Waals surface area contributed by atoms with Gasteiger partial charge >= 0.3 is 6.03 Å². The molecule has 2 amide bonds. The van der Waals surface area contributed by atoms with Crippen molar-refractivity contribution in [1.29, 1.82) is 0 Å². The first-order valence-electron chi connectivity index (χ1n) is 14.4. The number of pyridine rings is 1. The van der Waals surface area contributed by atoms with Crippen molar-refractivity contribution < 1.29 is 14.3 Å². The van der Waals surface area contributed by atoms with Crippen LogP contribution >= 0.6 is 23.2 Å². The Morgan fingerprint density at radius 3 is 2.45 bits per heavy atom. The molecule has 0 aliphatic carbocycles. The summed E-state index contributed by atoms with van der Waals surface area (Å²) < 4.78 is 12.1. The minimum absolute atomic E-state index is 0.258. The van der Waals surface area contributed by atoms with Crippen LogP contribution in [0.2, 0.25) is 10.0 Å². The molecule has 2 aliphatic rings. The number of carbonyl (C=O) groups is 1. The lowest BCUT2D eigenvalue weighted by molar-refractivity contribution is 0.00381. The smallest absolute Gasteiger partial charge is 0.320 e. The highest BCUT2D eigenvalue weighted by Crippen LogP contribution is 2.40. The van der Waals surface area contributed by atoms with Gasteiger partial charge in [0.15, 0.2) is 17.1 Å². The highest BCUT2D eigenvalue weighted by atomic mass is 35.5. The zero-order chi connectivity index (χ0) is 31.0. The van der Waals surface area contributed by atoms with Gasteiger partial charge in [-0.2, -0.15) is 4.98 Å². The maximum Gasteiger partial charge on any atom is 0.320 e. The summed E-state index contributed by atoms with van der Waals surface area (Å²) in [6, 6.07) is 12.2.